The van der Waals surface area contributed by atoms with Crippen molar-refractivity contribution in [1.82, 2.24) is 0 Å². The maximum absolute atomic E-state index is 10.4. The topological polar surface area (TPSA) is 47.8 Å². The molecule has 228 valence electrons. The van der Waals surface area contributed by atoms with Crippen LogP contribution >= 0.6 is 12.0 Å². The fourth-order valence-electron chi connectivity index (χ4n) is 6.64. The molecular weight excluding hydrogens is 540 g/mol. The van der Waals surface area contributed by atoms with Gasteiger partial charge in [0.15, 0.2) is 5.71 Å². The number of likely N-dealkylation sites (N-methyl/N-ethyl adjacent to an activating group) is 1. The molecule has 2 aliphatic rings. The summed E-state index contributed by atoms with van der Waals surface area (Å²) < 4.78 is 7.14. The molecule has 0 bridgehead atoms. The van der Waals surface area contributed by atoms with Crippen LogP contribution in [-0.2, 0) is 20.2 Å². The molecule has 0 radical (unpaired) electrons. The number of unbranched alkanes of at least 4 members (excludes halogenated alkanes) is 3. The van der Waals surface area contributed by atoms with Gasteiger partial charge < -0.3 is 10.2 Å². The first-order valence-corrected chi connectivity index (χ1v) is 16.3. The van der Waals surface area contributed by atoms with Gasteiger partial charge in [-0.2, -0.15) is 8.91 Å². The van der Waals surface area contributed by atoms with Crippen LogP contribution in [0.25, 0.3) is 0 Å². The van der Waals surface area contributed by atoms with Crippen LogP contribution in [0, 0.1) is 12.3 Å². The van der Waals surface area contributed by atoms with Gasteiger partial charge in [-0.3, -0.25) is 5.04 Å². The summed E-state index contributed by atoms with van der Waals surface area (Å²) in [5.74, 6) is 0. The standard InChI is InChI=1S/C36H50N2O3S/c1-10-37-30-20-18-26(2)24-28(30)35(6,7)32(37)16-15-17-33-36(8,9)29-25-27(42-41-40-39)19-21-31(29)38(33)23-14-12-11-13-22-34(3,4)5/h15-21,24-25H,10-14,22-23H2,1-9H3. The number of rotatable bonds is 12. The molecule has 0 saturated heterocycles. The lowest BCUT2D eigenvalue weighted by Gasteiger charge is -2.25. The van der Waals surface area contributed by atoms with Crippen LogP contribution in [0.2, 0.25) is 0 Å². The van der Waals surface area contributed by atoms with Crippen molar-refractivity contribution in [3.05, 3.63) is 77.0 Å². The first-order valence-electron chi connectivity index (χ1n) is 15.5. The van der Waals surface area contributed by atoms with Crippen molar-refractivity contribution in [1.29, 1.82) is 0 Å². The molecule has 0 unspecified atom stereocenters. The van der Waals surface area contributed by atoms with Gasteiger partial charge in [-0.1, -0.05) is 71.2 Å². The minimum atomic E-state index is -0.207. The third-order valence-electron chi connectivity index (χ3n) is 8.95. The van der Waals surface area contributed by atoms with E-state index in [0.29, 0.717) is 5.41 Å². The Labute approximate surface area is 258 Å². The highest BCUT2D eigenvalue weighted by atomic mass is 32.2. The lowest BCUT2D eigenvalue weighted by Crippen LogP contribution is -2.28. The zero-order chi connectivity index (χ0) is 30.7. The Morgan fingerprint density at radius 2 is 1.69 bits per heavy atom. The number of hydrogen-bond acceptors (Lipinski definition) is 5. The maximum Gasteiger partial charge on any atom is 0.209 e. The van der Waals surface area contributed by atoms with E-state index in [2.05, 4.69) is 130 Å². The summed E-state index contributed by atoms with van der Waals surface area (Å²) in [6.07, 6.45) is 13.1. The van der Waals surface area contributed by atoms with E-state index in [1.54, 1.807) is 0 Å². The maximum atomic E-state index is 10.4. The molecule has 0 atom stereocenters. The van der Waals surface area contributed by atoms with E-state index in [4.69, 9.17) is 0 Å². The minimum Gasteiger partial charge on any atom is -0.691 e. The second-order valence-corrected chi connectivity index (χ2v) is 14.9. The number of hydrogen-bond donors (Lipinski definition) is 0. The molecule has 42 heavy (non-hydrogen) atoms. The quantitative estimate of drug-likeness (QED) is 0.0812. The minimum absolute atomic E-state index is 0.0664. The van der Waals surface area contributed by atoms with Gasteiger partial charge in [0.05, 0.1) is 17.5 Å². The summed E-state index contributed by atoms with van der Waals surface area (Å²) in [6, 6.07) is 13.1. The molecule has 0 fully saturated rings. The van der Waals surface area contributed by atoms with Crippen LogP contribution in [0.15, 0.2) is 65.2 Å². The summed E-state index contributed by atoms with van der Waals surface area (Å²) in [6.45, 7) is 22.5. The van der Waals surface area contributed by atoms with E-state index in [-0.39, 0.29) is 10.8 Å². The Kier molecular flexibility index (Phi) is 10.1. The molecular formula is C36H50N2O3S. The van der Waals surface area contributed by atoms with Crippen molar-refractivity contribution < 1.29 is 19.2 Å². The molecule has 0 aromatic heterocycles. The molecule has 2 aromatic carbocycles. The van der Waals surface area contributed by atoms with Crippen LogP contribution < -0.4 is 10.2 Å². The van der Waals surface area contributed by atoms with Gasteiger partial charge in [0.1, 0.15) is 6.54 Å². The molecule has 2 aromatic rings. The Morgan fingerprint density at radius 3 is 2.38 bits per heavy atom. The van der Waals surface area contributed by atoms with E-state index in [9.17, 15) is 5.26 Å². The fraction of sp³-hybridized carbons (Fsp3) is 0.528. The highest BCUT2D eigenvalue weighted by Gasteiger charge is 2.44. The van der Waals surface area contributed by atoms with Crippen LogP contribution in [0.1, 0.15) is 104 Å². The zero-order valence-electron chi connectivity index (χ0n) is 27.2. The number of allylic oxidation sites excluding steroid dienone is 4. The molecule has 2 aliphatic heterocycles. The monoisotopic (exact) mass is 590 g/mol. The summed E-state index contributed by atoms with van der Waals surface area (Å²) >= 11 is 0.955. The molecule has 5 nitrogen and oxygen atoms in total. The summed E-state index contributed by atoms with van der Waals surface area (Å²) in [4.78, 5) is 3.31. The molecule has 2 heterocycles. The number of anilines is 1. The van der Waals surface area contributed by atoms with Crippen molar-refractivity contribution in [2.75, 3.05) is 18.0 Å². The van der Waals surface area contributed by atoms with E-state index < -0.39 is 0 Å². The van der Waals surface area contributed by atoms with Crippen molar-refractivity contribution in [2.45, 2.75) is 110 Å². The normalized spacial score (nSPS) is 18.4. The summed E-state index contributed by atoms with van der Waals surface area (Å²) in [5, 5.41) is 14.1. The molecule has 0 saturated carbocycles. The van der Waals surface area contributed by atoms with Crippen LogP contribution in [0.3, 0.4) is 0 Å². The van der Waals surface area contributed by atoms with Gasteiger partial charge in [-0.05, 0) is 75.8 Å². The molecule has 6 heteroatoms. The molecule has 0 amide bonds. The Balaban J connectivity index is 1.64. The summed E-state index contributed by atoms with van der Waals surface area (Å²) in [5.41, 5.74) is 9.22. The first-order chi connectivity index (χ1) is 19.8. The molecule has 0 spiro atoms. The van der Waals surface area contributed by atoms with Crippen LogP contribution in [-0.4, -0.2) is 23.4 Å². The second kappa shape index (κ2) is 13.1. The van der Waals surface area contributed by atoms with Gasteiger partial charge in [-0.25, -0.2) is 0 Å². The largest absolute Gasteiger partial charge is 0.691 e. The predicted molar refractivity (Wildman–Crippen MR) is 174 cm³/mol. The Hall–Kier alpha value is -2.38. The average molecular weight is 591 g/mol. The van der Waals surface area contributed by atoms with E-state index in [1.165, 1.54) is 65.2 Å². The van der Waals surface area contributed by atoms with Crippen molar-refractivity contribution >= 4 is 29.1 Å². The fourth-order valence-corrected chi connectivity index (χ4v) is 7.04. The summed E-state index contributed by atoms with van der Waals surface area (Å²) in [7, 11) is 0. The number of benzene rings is 2. The number of fused-ring (bicyclic) bond motifs is 2. The van der Waals surface area contributed by atoms with E-state index in [1.807, 2.05) is 6.07 Å². The zero-order valence-corrected chi connectivity index (χ0v) is 28.0. The second-order valence-electron chi connectivity index (χ2n) is 14.1. The van der Waals surface area contributed by atoms with Gasteiger partial charge in [0.2, 0.25) is 5.69 Å². The Bertz CT molecular complexity index is 1360. The van der Waals surface area contributed by atoms with Crippen LogP contribution in [0.4, 0.5) is 11.4 Å². The Morgan fingerprint density at radius 1 is 0.952 bits per heavy atom. The smallest absolute Gasteiger partial charge is 0.209 e. The lowest BCUT2D eigenvalue weighted by atomic mass is 9.81. The van der Waals surface area contributed by atoms with Gasteiger partial charge in [0.25, 0.3) is 0 Å². The van der Waals surface area contributed by atoms with Gasteiger partial charge in [-0.15, -0.1) is 0 Å². The molecule has 0 aliphatic carbocycles. The first kappa shape index (κ1) is 32.5. The average Bonchev–Trinajstić information content (AvgIpc) is 3.26. The third kappa shape index (κ3) is 6.88. The third-order valence-corrected chi connectivity index (χ3v) is 9.52. The number of nitrogens with zero attached hydrogens (tertiary/aromatic N) is 2. The molecule has 4 rings (SSSR count). The SMILES string of the molecule is CCN1/C(=C/C=C/C2=[N+](CCCCCCC(C)(C)C)c3ccc(SOO[O-])cc3C2(C)C)C(C)(C)c2cc(C)ccc21. The van der Waals surface area contributed by atoms with E-state index in [0.717, 1.165) is 36.4 Å². The van der Waals surface area contributed by atoms with Gasteiger partial charge >= 0.3 is 0 Å². The van der Waals surface area contributed by atoms with Gasteiger partial charge in [0, 0.05) is 52.4 Å². The van der Waals surface area contributed by atoms with Crippen LogP contribution in [0.5, 0.6) is 0 Å². The van der Waals surface area contributed by atoms with E-state index >= 15 is 0 Å². The highest BCUT2D eigenvalue weighted by molar-refractivity contribution is 7.94. The predicted octanol–water partition coefficient (Wildman–Crippen LogP) is 8.86. The molecule has 0 N–H and O–H groups in total. The lowest BCUT2D eigenvalue weighted by molar-refractivity contribution is -0.777. The number of aryl methyl sites for hydroxylation is 1. The van der Waals surface area contributed by atoms with Crippen molar-refractivity contribution in [2.24, 2.45) is 5.41 Å². The van der Waals surface area contributed by atoms with Crippen molar-refractivity contribution in [3.8, 4) is 0 Å². The highest BCUT2D eigenvalue weighted by Crippen LogP contribution is 2.48. The van der Waals surface area contributed by atoms with Crippen molar-refractivity contribution in [3.63, 3.8) is 0 Å².